The first kappa shape index (κ1) is 22.1. The monoisotopic (exact) mass is 360 g/mol. The van der Waals surface area contributed by atoms with E-state index in [-0.39, 0.29) is 19.3 Å². The molecular weight excluding hydrogens is 336 g/mol. The molecular formula is C13H24N6O6. The third-order valence-electron chi connectivity index (χ3n) is 3.11. The summed E-state index contributed by atoms with van der Waals surface area (Å²) >= 11 is 0. The molecule has 25 heavy (non-hydrogen) atoms. The first-order valence-electron chi connectivity index (χ1n) is 7.55. The second-order valence-corrected chi connectivity index (χ2v) is 5.20. The second kappa shape index (κ2) is 11.6. The van der Waals surface area contributed by atoms with Crippen LogP contribution in [0, 0.1) is 0 Å². The summed E-state index contributed by atoms with van der Waals surface area (Å²) in [6.07, 6.45) is 0.684. The fourth-order valence-electron chi connectivity index (χ4n) is 1.89. The van der Waals surface area contributed by atoms with Crippen LogP contribution in [-0.4, -0.2) is 53.6 Å². The molecule has 0 aromatic carbocycles. The zero-order valence-electron chi connectivity index (χ0n) is 13.6. The number of primary amides is 2. The molecule has 6 amide bonds. The van der Waals surface area contributed by atoms with Crippen molar-refractivity contribution in [3.05, 3.63) is 0 Å². The molecule has 0 fully saturated rings. The summed E-state index contributed by atoms with van der Waals surface area (Å²) in [6, 6.07) is -4.38. The number of carbonyl (C=O) groups is 5. The summed E-state index contributed by atoms with van der Waals surface area (Å²) in [5.74, 6) is -2.80. The van der Waals surface area contributed by atoms with E-state index in [0.29, 0.717) is 19.4 Å². The normalized spacial score (nSPS) is 12.5. The molecule has 0 bridgehead atoms. The quantitative estimate of drug-likeness (QED) is 0.199. The molecule has 10 N–H and O–H groups in total. The fraction of sp³-hybridized carbons (Fsp3) is 0.615. The van der Waals surface area contributed by atoms with E-state index >= 15 is 0 Å². The van der Waals surface area contributed by atoms with Gasteiger partial charge in [-0.1, -0.05) is 0 Å². The molecule has 0 aromatic rings. The van der Waals surface area contributed by atoms with Crippen molar-refractivity contribution in [1.29, 1.82) is 0 Å². The van der Waals surface area contributed by atoms with Crippen molar-refractivity contribution >= 4 is 29.8 Å². The van der Waals surface area contributed by atoms with Gasteiger partial charge in [0, 0.05) is 6.42 Å². The average molecular weight is 360 g/mol. The lowest BCUT2D eigenvalue weighted by Gasteiger charge is -2.21. The van der Waals surface area contributed by atoms with Crippen molar-refractivity contribution in [3.8, 4) is 0 Å². The highest BCUT2D eigenvalue weighted by Gasteiger charge is 2.26. The van der Waals surface area contributed by atoms with Gasteiger partial charge in [-0.3, -0.25) is 19.7 Å². The molecule has 0 spiro atoms. The number of carboxylic acids is 1. The fourth-order valence-corrected chi connectivity index (χ4v) is 1.89. The maximum atomic E-state index is 12.3. The van der Waals surface area contributed by atoms with Crippen molar-refractivity contribution in [1.82, 2.24) is 16.0 Å². The molecule has 0 aliphatic carbocycles. The van der Waals surface area contributed by atoms with E-state index in [4.69, 9.17) is 22.3 Å². The highest BCUT2D eigenvalue weighted by Crippen LogP contribution is 2.04. The van der Waals surface area contributed by atoms with Crippen molar-refractivity contribution in [2.45, 2.75) is 44.2 Å². The lowest BCUT2D eigenvalue weighted by atomic mass is 10.1. The number of imide groups is 1. The third-order valence-corrected chi connectivity index (χ3v) is 3.11. The lowest BCUT2D eigenvalue weighted by Crippen LogP contribution is -2.55. The van der Waals surface area contributed by atoms with Crippen LogP contribution in [0.5, 0.6) is 0 Å². The van der Waals surface area contributed by atoms with E-state index in [1.54, 1.807) is 5.32 Å². The Kier molecular flexibility index (Phi) is 10.3. The number of hydrogen-bond acceptors (Lipinski definition) is 6. The molecule has 12 heteroatoms. The minimum absolute atomic E-state index is 0.180. The van der Waals surface area contributed by atoms with Crippen LogP contribution >= 0.6 is 0 Å². The van der Waals surface area contributed by atoms with Crippen molar-refractivity contribution < 1.29 is 29.1 Å². The summed E-state index contributed by atoms with van der Waals surface area (Å²) in [6.45, 7) is 0.379. The average Bonchev–Trinajstić information content (AvgIpc) is 2.49. The van der Waals surface area contributed by atoms with Crippen molar-refractivity contribution in [2.75, 3.05) is 6.54 Å². The van der Waals surface area contributed by atoms with Gasteiger partial charge in [0.25, 0.3) is 0 Å². The van der Waals surface area contributed by atoms with Gasteiger partial charge in [0.05, 0.1) is 0 Å². The number of aliphatic carboxylic acids is 1. The summed E-state index contributed by atoms with van der Waals surface area (Å²) in [5.41, 5.74) is 15.3. The van der Waals surface area contributed by atoms with E-state index < -0.39 is 41.9 Å². The van der Waals surface area contributed by atoms with E-state index in [2.05, 4.69) is 10.6 Å². The number of hydrogen-bond donors (Lipinski definition) is 7. The zero-order valence-corrected chi connectivity index (χ0v) is 13.6. The molecule has 0 radical (unpaired) electrons. The Morgan fingerprint density at radius 3 is 2.04 bits per heavy atom. The number of unbranched alkanes of at least 4 members (excludes halogenated alkanes) is 1. The predicted molar refractivity (Wildman–Crippen MR) is 85.9 cm³/mol. The van der Waals surface area contributed by atoms with Gasteiger partial charge >= 0.3 is 18.0 Å². The molecule has 0 saturated carbocycles. The predicted octanol–water partition coefficient (Wildman–Crippen LogP) is -2.30. The maximum absolute atomic E-state index is 12.3. The van der Waals surface area contributed by atoms with E-state index in [1.807, 2.05) is 0 Å². The summed E-state index contributed by atoms with van der Waals surface area (Å²) in [7, 11) is 0. The first-order valence-corrected chi connectivity index (χ1v) is 7.55. The Bertz CT molecular complexity index is 511. The van der Waals surface area contributed by atoms with Crippen molar-refractivity contribution in [2.24, 2.45) is 17.2 Å². The third kappa shape index (κ3) is 10.5. The smallest absolute Gasteiger partial charge is 0.323 e. The van der Waals surface area contributed by atoms with Gasteiger partial charge in [-0.15, -0.1) is 0 Å². The van der Waals surface area contributed by atoms with Crippen molar-refractivity contribution in [3.63, 3.8) is 0 Å². The van der Waals surface area contributed by atoms with Crippen LogP contribution in [0.4, 0.5) is 9.59 Å². The van der Waals surface area contributed by atoms with Crippen LogP contribution in [0.3, 0.4) is 0 Å². The molecule has 0 heterocycles. The Morgan fingerprint density at radius 1 is 0.920 bits per heavy atom. The van der Waals surface area contributed by atoms with Crippen LogP contribution < -0.4 is 33.2 Å². The highest BCUT2D eigenvalue weighted by molar-refractivity contribution is 5.96. The Morgan fingerprint density at radius 2 is 1.56 bits per heavy atom. The van der Waals surface area contributed by atoms with Gasteiger partial charge in [0.1, 0.15) is 12.1 Å². The number of amides is 6. The van der Waals surface area contributed by atoms with Crippen LogP contribution in [0.25, 0.3) is 0 Å². The van der Waals surface area contributed by atoms with E-state index in [1.165, 1.54) is 0 Å². The molecule has 142 valence electrons. The van der Waals surface area contributed by atoms with Crippen LogP contribution in [0.15, 0.2) is 0 Å². The molecule has 0 rings (SSSR count). The topological polar surface area (TPSA) is 220 Å². The lowest BCUT2D eigenvalue weighted by molar-refractivity contribution is -0.137. The Hall–Kier alpha value is -2.89. The zero-order chi connectivity index (χ0) is 19.4. The number of rotatable bonds is 11. The number of nitrogens with one attached hydrogen (secondary N) is 3. The van der Waals surface area contributed by atoms with Gasteiger partial charge in [-0.25, -0.2) is 9.59 Å². The minimum atomic E-state index is -1.21. The molecule has 2 atom stereocenters. The summed E-state index contributed by atoms with van der Waals surface area (Å²) in [4.78, 5) is 56.4. The summed E-state index contributed by atoms with van der Waals surface area (Å²) in [5, 5.41) is 14.9. The van der Waals surface area contributed by atoms with Crippen LogP contribution in [-0.2, 0) is 14.4 Å². The first-order chi connectivity index (χ1) is 11.7. The second-order valence-electron chi connectivity index (χ2n) is 5.20. The van der Waals surface area contributed by atoms with Gasteiger partial charge in [0.2, 0.25) is 11.8 Å². The van der Waals surface area contributed by atoms with Gasteiger partial charge in [-0.05, 0) is 32.2 Å². The standard InChI is InChI=1S/C13H24N6O6/c14-6-2-1-3-8(18-13(25)19-12(16)24)11(23)17-7(10(15)22)4-5-9(20)21/h7-8H,1-6,14H2,(H2,15,22)(H,17,23)(H,20,21)(H4,16,18,19,24,25)/t7-,8-/m0/s1. The van der Waals surface area contributed by atoms with Crippen LogP contribution in [0.1, 0.15) is 32.1 Å². The Balaban J connectivity index is 4.90. The highest BCUT2D eigenvalue weighted by atomic mass is 16.4. The Labute approximate surface area is 143 Å². The van der Waals surface area contributed by atoms with Gasteiger partial charge in [0.15, 0.2) is 0 Å². The van der Waals surface area contributed by atoms with E-state index in [9.17, 15) is 24.0 Å². The molecule has 12 nitrogen and oxygen atoms in total. The number of carboxylic acid groups (broad SMARTS) is 1. The molecule has 0 aromatic heterocycles. The summed E-state index contributed by atoms with van der Waals surface area (Å²) < 4.78 is 0. The number of urea groups is 2. The molecule has 0 unspecified atom stereocenters. The number of nitrogens with two attached hydrogens (primary N) is 3. The minimum Gasteiger partial charge on any atom is -0.481 e. The van der Waals surface area contributed by atoms with Gasteiger partial charge < -0.3 is 32.9 Å². The number of carbonyl (C=O) groups excluding carboxylic acids is 4. The molecule has 0 aliphatic rings. The molecule has 0 saturated heterocycles. The maximum Gasteiger partial charge on any atom is 0.323 e. The molecule has 0 aliphatic heterocycles. The largest absolute Gasteiger partial charge is 0.481 e. The van der Waals surface area contributed by atoms with Crippen LogP contribution in [0.2, 0.25) is 0 Å². The van der Waals surface area contributed by atoms with E-state index in [0.717, 1.165) is 0 Å². The van der Waals surface area contributed by atoms with Gasteiger partial charge in [-0.2, -0.15) is 0 Å². The SMILES string of the molecule is NCCCC[C@H](NC(=O)NC(N)=O)C(=O)N[C@@H](CCC(=O)O)C(N)=O.